The van der Waals surface area contributed by atoms with Gasteiger partial charge in [-0.25, -0.2) is 4.98 Å². The second-order valence-corrected chi connectivity index (χ2v) is 6.40. The molecule has 112 valence electrons. The van der Waals surface area contributed by atoms with Crippen molar-refractivity contribution in [2.24, 2.45) is 5.73 Å². The lowest BCUT2D eigenvalue weighted by molar-refractivity contribution is 0.0897. The molecular weight excluding hydrogens is 286 g/mol. The van der Waals surface area contributed by atoms with Crippen LogP contribution in [0.25, 0.3) is 0 Å². The molecule has 2 heterocycles. The van der Waals surface area contributed by atoms with Crippen molar-refractivity contribution in [3.63, 3.8) is 0 Å². The molecule has 0 unspecified atom stereocenters. The summed E-state index contributed by atoms with van der Waals surface area (Å²) in [7, 11) is 0. The Balaban J connectivity index is 1.84. The minimum Gasteiger partial charge on any atom is -0.467 e. The average molecular weight is 305 g/mol. The first-order chi connectivity index (χ1) is 10.1. The maximum Gasteiger partial charge on any atom is 0.255 e. The molecule has 1 saturated carbocycles. The highest BCUT2D eigenvalue weighted by Crippen LogP contribution is 2.40. The van der Waals surface area contributed by atoms with Gasteiger partial charge in [0.25, 0.3) is 5.91 Å². The normalized spacial score (nSPS) is 17.0. The van der Waals surface area contributed by atoms with Gasteiger partial charge < -0.3 is 15.5 Å². The van der Waals surface area contributed by atoms with E-state index in [0.29, 0.717) is 17.9 Å². The van der Waals surface area contributed by atoms with Gasteiger partial charge in [0.05, 0.1) is 17.6 Å². The molecule has 1 fully saturated rings. The molecule has 0 bridgehead atoms. The average Bonchev–Trinajstić information content (AvgIpc) is 3.18. The summed E-state index contributed by atoms with van der Waals surface area (Å²) in [6.07, 6.45) is 5.56. The smallest absolute Gasteiger partial charge is 0.255 e. The third kappa shape index (κ3) is 2.73. The number of hydrogen-bond acceptors (Lipinski definition) is 5. The third-order valence-corrected chi connectivity index (χ3v) is 5.12. The van der Waals surface area contributed by atoms with E-state index in [4.69, 9.17) is 10.2 Å². The number of carbonyl (C=O) groups is 1. The molecule has 1 aliphatic carbocycles. The Morgan fingerprint density at radius 3 is 2.86 bits per heavy atom. The van der Waals surface area contributed by atoms with Gasteiger partial charge >= 0.3 is 0 Å². The number of aryl methyl sites for hydroxylation is 1. The zero-order valence-corrected chi connectivity index (χ0v) is 12.8. The molecule has 1 aliphatic rings. The summed E-state index contributed by atoms with van der Waals surface area (Å²) >= 11 is 1.62. The number of furan rings is 1. The van der Waals surface area contributed by atoms with Crippen molar-refractivity contribution in [3.05, 3.63) is 39.7 Å². The fraction of sp³-hybridized carbons (Fsp3) is 0.467. The molecular formula is C15H19N3O2S. The first kappa shape index (κ1) is 14.3. The van der Waals surface area contributed by atoms with Gasteiger partial charge in [-0.05, 0) is 25.8 Å². The lowest BCUT2D eigenvalue weighted by atomic mass is 9.98. The first-order valence-electron chi connectivity index (χ1n) is 7.15. The van der Waals surface area contributed by atoms with Crippen molar-refractivity contribution in [3.8, 4) is 0 Å². The second-order valence-electron chi connectivity index (χ2n) is 5.54. The Hall–Kier alpha value is -1.66. The van der Waals surface area contributed by atoms with Crippen LogP contribution in [0.3, 0.4) is 0 Å². The summed E-state index contributed by atoms with van der Waals surface area (Å²) in [5.41, 5.74) is 6.72. The van der Waals surface area contributed by atoms with Crippen LogP contribution >= 0.6 is 11.3 Å². The number of amides is 1. The number of nitrogens with zero attached hydrogens (tertiary/aromatic N) is 1. The summed E-state index contributed by atoms with van der Waals surface area (Å²) in [5, 5.41) is 6.23. The monoisotopic (exact) mass is 305 g/mol. The maximum absolute atomic E-state index is 12.5. The number of nitrogens with two attached hydrogens (primary N) is 1. The molecule has 0 radical (unpaired) electrons. The van der Waals surface area contributed by atoms with Crippen LogP contribution in [-0.2, 0) is 12.1 Å². The number of aromatic nitrogens is 1. The van der Waals surface area contributed by atoms with Gasteiger partial charge in [-0.1, -0.05) is 12.8 Å². The number of nitrogens with one attached hydrogen (secondary N) is 1. The highest BCUT2D eigenvalue weighted by molar-refractivity contribution is 7.09. The zero-order valence-electron chi connectivity index (χ0n) is 12.0. The van der Waals surface area contributed by atoms with E-state index >= 15 is 0 Å². The summed E-state index contributed by atoms with van der Waals surface area (Å²) in [4.78, 5) is 17.1. The fourth-order valence-electron chi connectivity index (χ4n) is 2.84. The summed E-state index contributed by atoms with van der Waals surface area (Å²) in [6.45, 7) is 2.28. The minimum atomic E-state index is -0.323. The van der Waals surface area contributed by atoms with E-state index in [9.17, 15) is 4.79 Å². The van der Waals surface area contributed by atoms with Gasteiger partial charge in [-0.15, -0.1) is 11.3 Å². The number of rotatable bonds is 4. The molecule has 0 aliphatic heterocycles. The predicted octanol–water partition coefficient (Wildman–Crippen LogP) is 2.70. The number of thiazole rings is 1. The summed E-state index contributed by atoms with van der Waals surface area (Å²) in [6, 6.07) is 1.70. The minimum absolute atomic E-state index is 0.117. The van der Waals surface area contributed by atoms with E-state index in [2.05, 4.69) is 10.3 Å². The van der Waals surface area contributed by atoms with Gasteiger partial charge in [-0.3, -0.25) is 4.79 Å². The van der Waals surface area contributed by atoms with Crippen molar-refractivity contribution in [1.82, 2.24) is 10.3 Å². The highest BCUT2D eigenvalue weighted by Gasteiger charge is 2.39. The van der Waals surface area contributed by atoms with Crippen LogP contribution in [0.15, 0.2) is 22.1 Å². The van der Waals surface area contributed by atoms with Crippen LogP contribution in [0.4, 0.5) is 0 Å². The molecule has 2 aromatic heterocycles. The van der Waals surface area contributed by atoms with Crippen molar-refractivity contribution >= 4 is 17.2 Å². The van der Waals surface area contributed by atoms with E-state index in [1.165, 1.54) is 6.26 Å². The van der Waals surface area contributed by atoms with Gasteiger partial charge in [0, 0.05) is 11.1 Å². The first-order valence-corrected chi connectivity index (χ1v) is 8.03. The Morgan fingerprint density at radius 1 is 1.52 bits per heavy atom. The molecule has 1 amide bonds. The zero-order chi connectivity index (χ0) is 14.9. The van der Waals surface area contributed by atoms with E-state index in [0.717, 1.165) is 36.4 Å². The van der Waals surface area contributed by atoms with E-state index in [-0.39, 0.29) is 11.4 Å². The Labute approximate surface area is 127 Å². The van der Waals surface area contributed by atoms with Crippen LogP contribution in [0.2, 0.25) is 0 Å². The Bertz CT molecular complexity index is 641. The fourth-order valence-corrected chi connectivity index (χ4v) is 3.85. The van der Waals surface area contributed by atoms with Crippen molar-refractivity contribution in [1.29, 1.82) is 0 Å². The molecule has 21 heavy (non-hydrogen) atoms. The Kier molecular flexibility index (Phi) is 3.82. The van der Waals surface area contributed by atoms with Gasteiger partial charge in [-0.2, -0.15) is 0 Å². The lowest BCUT2D eigenvalue weighted by Crippen LogP contribution is -2.43. The van der Waals surface area contributed by atoms with E-state index in [1.807, 2.05) is 12.3 Å². The molecule has 0 spiro atoms. The molecule has 0 atom stereocenters. The molecule has 0 saturated heterocycles. The van der Waals surface area contributed by atoms with Crippen molar-refractivity contribution < 1.29 is 9.21 Å². The third-order valence-electron chi connectivity index (χ3n) is 3.96. The summed E-state index contributed by atoms with van der Waals surface area (Å²) < 4.78 is 5.24. The van der Waals surface area contributed by atoms with E-state index in [1.54, 1.807) is 17.4 Å². The van der Waals surface area contributed by atoms with Crippen LogP contribution in [0.1, 0.15) is 52.5 Å². The predicted molar refractivity (Wildman–Crippen MR) is 81.1 cm³/mol. The number of hydrogen-bond donors (Lipinski definition) is 2. The largest absolute Gasteiger partial charge is 0.467 e. The van der Waals surface area contributed by atoms with E-state index < -0.39 is 0 Å². The lowest BCUT2D eigenvalue weighted by Gasteiger charge is -2.27. The molecule has 5 nitrogen and oxygen atoms in total. The second kappa shape index (κ2) is 5.61. The maximum atomic E-state index is 12.5. The van der Waals surface area contributed by atoms with Crippen LogP contribution < -0.4 is 11.1 Å². The van der Waals surface area contributed by atoms with Gasteiger partial charge in [0.2, 0.25) is 0 Å². The SMILES string of the molecule is Cc1csc(C2(NC(=O)c3coc(CN)c3)CCCC2)n1. The van der Waals surface area contributed by atoms with Gasteiger partial charge in [0.1, 0.15) is 17.0 Å². The standard InChI is InChI=1S/C15H19N3O2S/c1-10-9-21-14(17-10)15(4-2-3-5-15)18-13(19)11-6-12(7-16)20-8-11/h6,8-9H,2-5,7,16H2,1H3,(H,18,19). The van der Waals surface area contributed by atoms with Crippen molar-refractivity contribution in [2.45, 2.75) is 44.7 Å². The topological polar surface area (TPSA) is 81.2 Å². The summed E-state index contributed by atoms with van der Waals surface area (Å²) in [5.74, 6) is 0.499. The Morgan fingerprint density at radius 2 is 2.29 bits per heavy atom. The highest BCUT2D eigenvalue weighted by atomic mass is 32.1. The molecule has 3 N–H and O–H groups in total. The molecule has 2 aromatic rings. The number of carbonyl (C=O) groups excluding carboxylic acids is 1. The van der Waals surface area contributed by atoms with Crippen molar-refractivity contribution in [2.75, 3.05) is 0 Å². The van der Waals surface area contributed by atoms with Crippen LogP contribution in [0.5, 0.6) is 0 Å². The van der Waals surface area contributed by atoms with Crippen LogP contribution in [0, 0.1) is 6.92 Å². The van der Waals surface area contributed by atoms with Gasteiger partial charge in [0.15, 0.2) is 0 Å². The molecule has 0 aromatic carbocycles. The molecule has 3 rings (SSSR count). The quantitative estimate of drug-likeness (QED) is 0.910. The molecule has 6 heteroatoms. The van der Waals surface area contributed by atoms with Crippen LogP contribution in [-0.4, -0.2) is 10.9 Å².